The molecular weight excluding hydrogens is 248 g/mol. The van der Waals surface area contributed by atoms with Gasteiger partial charge in [-0.2, -0.15) is 0 Å². The minimum Gasteiger partial charge on any atom is -0.361 e. The van der Waals surface area contributed by atoms with Crippen LogP contribution in [0.2, 0.25) is 0 Å². The third-order valence-electron chi connectivity index (χ3n) is 3.95. The molecule has 0 bridgehead atoms. The molecule has 0 amide bonds. The summed E-state index contributed by atoms with van der Waals surface area (Å²) < 4.78 is 5.24. The molecule has 3 heteroatoms. The molecule has 3 nitrogen and oxygen atoms in total. The minimum absolute atomic E-state index is 0.237. The first-order chi connectivity index (χ1) is 9.40. The lowest BCUT2D eigenvalue weighted by Gasteiger charge is -2.17. The molecule has 0 aliphatic rings. The summed E-state index contributed by atoms with van der Waals surface area (Å²) in [7, 11) is 0. The lowest BCUT2D eigenvalue weighted by atomic mass is 9.99. The zero-order chi connectivity index (χ0) is 14.9. The molecular formula is C17H24N2O. The summed E-state index contributed by atoms with van der Waals surface area (Å²) in [5.74, 6) is 0.903. The van der Waals surface area contributed by atoms with Gasteiger partial charge in [-0.3, -0.25) is 0 Å². The van der Waals surface area contributed by atoms with Crippen LogP contribution in [0.25, 0.3) is 0 Å². The van der Waals surface area contributed by atoms with E-state index in [0.29, 0.717) is 0 Å². The number of rotatable bonds is 4. The molecule has 2 rings (SSSR count). The first-order valence-corrected chi connectivity index (χ1v) is 7.13. The monoisotopic (exact) mass is 272 g/mol. The van der Waals surface area contributed by atoms with Crippen LogP contribution in [0.15, 0.2) is 16.7 Å². The Hall–Kier alpha value is -1.61. The van der Waals surface area contributed by atoms with E-state index in [1.165, 1.54) is 27.8 Å². The summed E-state index contributed by atoms with van der Waals surface area (Å²) in [6, 6.07) is 4.72. The Bertz CT molecular complexity index is 571. The lowest BCUT2D eigenvalue weighted by Crippen LogP contribution is -2.20. The van der Waals surface area contributed by atoms with Gasteiger partial charge in [-0.15, -0.1) is 0 Å². The van der Waals surface area contributed by atoms with Crippen LogP contribution in [0.3, 0.4) is 0 Å². The van der Waals surface area contributed by atoms with Crippen LogP contribution < -0.4 is 5.32 Å². The van der Waals surface area contributed by atoms with E-state index in [1.807, 2.05) is 13.8 Å². The fourth-order valence-electron chi connectivity index (χ4n) is 2.95. The summed E-state index contributed by atoms with van der Waals surface area (Å²) >= 11 is 0. The van der Waals surface area contributed by atoms with Gasteiger partial charge >= 0.3 is 0 Å². The second-order valence-electron chi connectivity index (χ2n) is 5.72. The Morgan fingerprint density at radius 2 is 1.70 bits per heavy atom. The van der Waals surface area contributed by atoms with E-state index in [2.05, 4.69) is 50.3 Å². The summed E-state index contributed by atoms with van der Waals surface area (Å²) in [5.41, 5.74) is 7.55. The smallest absolute Gasteiger partial charge is 0.138 e. The molecule has 0 fully saturated rings. The second kappa shape index (κ2) is 5.80. The van der Waals surface area contributed by atoms with E-state index in [-0.39, 0.29) is 6.04 Å². The van der Waals surface area contributed by atoms with Gasteiger partial charge < -0.3 is 9.84 Å². The van der Waals surface area contributed by atoms with Crippen molar-refractivity contribution in [2.75, 3.05) is 0 Å². The van der Waals surface area contributed by atoms with Crippen molar-refractivity contribution >= 4 is 0 Å². The second-order valence-corrected chi connectivity index (χ2v) is 5.72. The van der Waals surface area contributed by atoms with Crippen LogP contribution in [0.4, 0.5) is 0 Å². The van der Waals surface area contributed by atoms with Gasteiger partial charge in [-0.25, -0.2) is 0 Å². The van der Waals surface area contributed by atoms with Crippen LogP contribution in [-0.4, -0.2) is 5.16 Å². The van der Waals surface area contributed by atoms with Crippen molar-refractivity contribution in [1.29, 1.82) is 0 Å². The maximum absolute atomic E-state index is 5.24. The molecule has 0 saturated heterocycles. The highest BCUT2D eigenvalue weighted by Gasteiger charge is 2.16. The standard InChI is InChI=1S/C17H24N2O/c1-10-7-11(2)16(12(3)8-10)9-18-13(4)17-14(5)19-20-15(17)6/h7-8,13,18H,9H2,1-6H3. The number of benzene rings is 1. The third-order valence-corrected chi connectivity index (χ3v) is 3.95. The highest BCUT2D eigenvalue weighted by Crippen LogP contribution is 2.22. The fraction of sp³-hybridized carbons (Fsp3) is 0.471. The highest BCUT2D eigenvalue weighted by molar-refractivity contribution is 5.37. The van der Waals surface area contributed by atoms with Gasteiger partial charge in [-0.1, -0.05) is 22.9 Å². The summed E-state index contributed by atoms with van der Waals surface area (Å²) in [6.45, 7) is 13.5. The number of aryl methyl sites for hydroxylation is 5. The summed E-state index contributed by atoms with van der Waals surface area (Å²) in [5, 5.41) is 7.61. The quantitative estimate of drug-likeness (QED) is 0.911. The van der Waals surface area contributed by atoms with E-state index in [1.54, 1.807) is 0 Å². The predicted molar refractivity (Wildman–Crippen MR) is 81.9 cm³/mol. The highest BCUT2D eigenvalue weighted by atomic mass is 16.5. The molecule has 0 spiro atoms. The Kier molecular flexibility index (Phi) is 4.29. The van der Waals surface area contributed by atoms with Gasteiger partial charge in [0.2, 0.25) is 0 Å². The molecule has 0 aliphatic heterocycles. The molecule has 2 aromatic rings. The zero-order valence-electron chi connectivity index (χ0n) is 13.3. The van der Waals surface area contributed by atoms with Gasteiger partial charge in [0.1, 0.15) is 5.76 Å². The number of hydrogen-bond acceptors (Lipinski definition) is 3. The Morgan fingerprint density at radius 1 is 1.10 bits per heavy atom. The Labute approximate surface area is 121 Å². The summed E-state index contributed by atoms with van der Waals surface area (Å²) in [4.78, 5) is 0. The number of nitrogens with zero attached hydrogens (tertiary/aromatic N) is 1. The van der Waals surface area contributed by atoms with Crippen LogP contribution in [0, 0.1) is 34.6 Å². The third kappa shape index (κ3) is 2.93. The minimum atomic E-state index is 0.237. The number of hydrogen-bond donors (Lipinski definition) is 1. The Morgan fingerprint density at radius 3 is 2.20 bits per heavy atom. The normalized spacial score (nSPS) is 12.7. The van der Waals surface area contributed by atoms with Crippen LogP contribution in [0.1, 0.15) is 52.2 Å². The van der Waals surface area contributed by atoms with Crippen LogP contribution in [-0.2, 0) is 6.54 Å². The van der Waals surface area contributed by atoms with E-state index < -0.39 is 0 Å². The maximum atomic E-state index is 5.24. The SMILES string of the molecule is Cc1cc(C)c(CNC(C)c2c(C)noc2C)c(C)c1. The van der Waals surface area contributed by atoms with Gasteiger partial charge in [-0.05, 0) is 58.2 Å². The largest absolute Gasteiger partial charge is 0.361 e. The number of aromatic nitrogens is 1. The van der Waals surface area contributed by atoms with Gasteiger partial charge in [0.25, 0.3) is 0 Å². The zero-order valence-corrected chi connectivity index (χ0v) is 13.3. The molecule has 1 atom stereocenters. The molecule has 1 aromatic heterocycles. The first-order valence-electron chi connectivity index (χ1n) is 7.13. The average molecular weight is 272 g/mol. The van der Waals surface area contributed by atoms with Crippen molar-refractivity contribution < 1.29 is 4.52 Å². The summed E-state index contributed by atoms with van der Waals surface area (Å²) in [6.07, 6.45) is 0. The van der Waals surface area contributed by atoms with Gasteiger partial charge in [0.05, 0.1) is 5.69 Å². The van der Waals surface area contributed by atoms with Crippen molar-refractivity contribution in [2.24, 2.45) is 0 Å². The molecule has 1 aromatic carbocycles. The molecule has 0 radical (unpaired) electrons. The molecule has 1 unspecified atom stereocenters. The van der Waals surface area contributed by atoms with Gasteiger partial charge in [0.15, 0.2) is 0 Å². The van der Waals surface area contributed by atoms with Crippen molar-refractivity contribution in [1.82, 2.24) is 10.5 Å². The topological polar surface area (TPSA) is 38.1 Å². The van der Waals surface area contributed by atoms with E-state index in [0.717, 1.165) is 18.0 Å². The van der Waals surface area contributed by atoms with E-state index in [9.17, 15) is 0 Å². The number of nitrogens with one attached hydrogen (secondary N) is 1. The molecule has 1 N–H and O–H groups in total. The molecule has 1 heterocycles. The van der Waals surface area contributed by atoms with Crippen molar-refractivity contribution in [2.45, 2.75) is 54.1 Å². The molecule has 108 valence electrons. The van der Waals surface area contributed by atoms with Crippen LogP contribution in [0.5, 0.6) is 0 Å². The fourth-order valence-corrected chi connectivity index (χ4v) is 2.95. The molecule has 20 heavy (non-hydrogen) atoms. The maximum Gasteiger partial charge on any atom is 0.138 e. The van der Waals surface area contributed by atoms with Crippen LogP contribution >= 0.6 is 0 Å². The van der Waals surface area contributed by atoms with Gasteiger partial charge in [0, 0.05) is 18.2 Å². The lowest BCUT2D eigenvalue weighted by molar-refractivity contribution is 0.390. The average Bonchev–Trinajstić information content (AvgIpc) is 2.67. The van der Waals surface area contributed by atoms with Crippen molar-refractivity contribution in [3.8, 4) is 0 Å². The Balaban J connectivity index is 2.13. The molecule has 0 saturated carbocycles. The predicted octanol–water partition coefficient (Wildman–Crippen LogP) is 4.07. The van der Waals surface area contributed by atoms with E-state index >= 15 is 0 Å². The van der Waals surface area contributed by atoms with E-state index in [4.69, 9.17) is 4.52 Å². The first kappa shape index (κ1) is 14.8. The molecule has 0 aliphatic carbocycles. The van der Waals surface area contributed by atoms with Crippen molar-refractivity contribution in [3.63, 3.8) is 0 Å². The van der Waals surface area contributed by atoms with Crippen molar-refractivity contribution in [3.05, 3.63) is 51.4 Å².